The van der Waals surface area contributed by atoms with Crippen molar-refractivity contribution in [2.45, 2.75) is 70.4 Å². The summed E-state index contributed by atoms with van der Waals surface area (Å²) in [7, 11) is 0. The molecule has 26 heavy (non-hydrogen) atoms. The van der Waals surface area contributed by atoms with E-state index < -0.39 is 5.60 Å². The van der Waals surface area contributed by atoms with E-state index in [4.69, 9.17) is 14.2 Å². The molecule has 1 saturated carbocycles. The van der Waals surface area contributed by atoms with Crippen LogP contribution in [0, 0.1) is 0 Å². The lowest BCUT2D eigenvalue weighted by molar-refractivity contribution is -0.142. The lowest BCUT2D eigenvalue weighted by Crippen LogP contribution is -2.56. The van der Waals surface area contributed by atoms with Gasteiger partial charge in [-0.15, -0.1) is 0 Å². The van der Waals surface area contributed by atoms with E-state index in [2.05, 4.69) is 12.1 Å². The lowest BCUT2D eigenvalue weighted by atomic mass is 9.82. The second kappa shape index (κ2) is 7.97. The first-order valence-corrected chi connectivity index (χ1v) is 9.63. The van der Waals surface area contributed by atoms with Crippen LogP contribution in [0.2, 0.25) is 0 Å². The maximum Gasteiger partial charge on any atom is 0.410 e. The Balaban J connectivity index is 1.48. The lowest BCUT2D eigenvalue weighted by Gasteiger charge is -2.46. The predicted molar refractivity (Wildman–Crippen MR) is 100.0 cm³/mol. The van der Waals surface area contributed by atoms with Crippen LogP contribution in [0.3, 0.4) is 0 Å². The van der Waals surface area contributed by atoms with Crippen molar-refractivity contribution in [2.24, 2.45) is 0 Å². The Morgan fingerprint density at radius 3 is 2.58 bits per heavy atom. The van der Waals surface area contributed by atoms with Crippen molar-refractivity contribution in [1.82, 2.24) is 4.90 Å². The number of hydrogen-bond donors (Lipinski definition) is 0. The Hall–Kier alpha value is -1.59. The van der Waals surface area contributed by atoms with Crippen LogP contribution in [0.5, 0.6) is 0 Å². The van der Waals surface area contributed by atoms with Crippen molar-refractivity contribution in [2.75, 3.05) is 19.7 Å². The minimum Gasteiger partial charge on any atom is -0.444 e. The van der Waals surface area contributed by atoms with E-state index in [-0.39, 0.29) is 17.8 Å². The average Bonchev–Trinajstić information content (AvgIpc) is 2.61. The minimum atomic E-state index is -0.467. The standard InChI is InChI=1S/C21H31NO4/c1-20(2,3)26-19(23)22-13-14-25-21(16-22)11-9-18(10-12-21)24-15-17-7-5-4-6-8-17/h4-8,18H,9-16H2,1-3H3. The molecule has 0 bridgehead atoms. The molecule has 1 spiro atoms. The molecule has 1 aliphatic carbocycles. The smallest absolute Gasteiger partial charge is 0.410 e. The molecular formula is C21H31NO4. The fourth-order valence-corrected chi connectivity index (χ4v) is 3.70. The molecule has 0 atom stereocenters. The monoisotopic (exact) mass is 361 g/mol. The zero-order chi connectivity index (χ0) is 18.6. The van der Waals surface area contributed by atoms with Crippen LogP contribution in [-0.2, 0) is 20.8 Å². The first kappa shape index (κ1) is 19.2. The Morgan fingerprint density at radius 1 is 1.23 bits per heavy atom. The molecule has 0 unspecified atom stereocenters. The summed E-state index contributed by atoms with van der Waals surface area (Å²) < 4.78 is 17.7. The molecule has 3 rings (SSSR count). The SMILES string of the molecule is CC(C)(C)OC(=O)N1CCOC2(CCC(OCc3ccccc3)CC2)C1. The van der Waals surface area contributed by atoms with E-state index in [1.165, 1.54) is 5.56 Å². The summed E-state index contributed by atoms with van der Waals surface area (Å²) in [4.78, 5) is 14.2. The fraction of sp³-hybridized carbons (Fsp3) is 0.667. The first-order valence-electron chi connectivity index (χ1n) is 9.63. The second-order valence-corrected chi connectivity index (χ2v) is 8.43. The normalized spacial score (nSPS) is 26.7. The summed E-state index contributed by atoms with van der Waals surface area (Å²) in [6.45, 7) is 8.15. The molecule has 2 fully saturated rings. The van der Waals surface area contributed by atoms with E-state index in [1.54, 1.807) is 4.90 Å². The highest BCUT2D eigenvalue weighted by atomic mass is 16.6. The number of nitrogens with zero attached hydrogens (tertiary/aromatic N) is 1. The molecule has 1 aliphatic heterocycles. The van der Waals surface area contributed by atoms with Crippen molar-refractivity contribution in [1.29, 1.82) is 0 Å². The Labute approximate surface area is 156 Å². The molecule has 2 aliphatic rings. The van der Waals surface area contributed by atoms with Gasteiger partial charge >= 0.3 is 6.09 Å². The molecular weight excluding hydrogens is 330 g/mol. The first-order chi connectivity index (χ1) is 12.4. The molecule has 1 saturated heterocycles. The quantitative estimate of drug-likeness (QED) is 0.811. The third kappa shape index (κ3) is 5.21. The summed E-state index contributed by atoms with van der Waals surface area (Å²) in [5, 5.41) is 0. The van der Waals surface area contributed by atoms with E-state index >= 15 is 0 Å². The van der Waals surface area contributed by atoms with Crippen LogP contribution in [0.15, 0.2) is 30.3 Å². The zero-order valence-electron chi connectivity index (χ0n) is 16.2. The highest BCUT2D eigenvalue weighted by Gasteiger charge is 2.42. The van der Waals surface area contributed by atoms with Gasteiger partial charge in [0.15, 0.2) is 0 Å². The number of hydrogen-bond acceptors (Lipinski definition) is 4. The number of morpholine rings is 1. The van der Waals surface area contributed by atoms with Crippen LogP contribution in [-0.4, -0.2) is 48.0 Å². The van der Waals surface area contributed by atoms with Gasteiger partial charge in [0.2, 0.25) is 0 Å². The maximum atomic E-state index is 12.4. The van der Waals surface area contributed by atoms with Gasteiger partial charge in [0.1, 0.15) is 5.60 Å². The number of carbonyl (C=O) groups is 1. The number of ether oxygens (including phenoxy) is 3. The molecule has 0 radical (unpaired) electrons. The van der Waals surface area contributed by atoms with Crippen LogP contribution in [0.4, 0.5) is 4.79 Å². The van der Waals surface area contributed by atoms with Crippen molar-refractivity contribution in [3.8, 4) is 0 Å². The van der Waals surface area contributed by atoms with Gasteiger partial charge in [-0.25, -0.2) is 4.79 Å². The third-order valence-electron chi connectivity index (χ3n) is 5.07. The fourth-order valence-electron chi connectivity index (χ4n) is 3.70. The minimum absolute atomic E-state index is 0.234. The van der Waals surface area contributed by atoms with Crippen molar-refractivity contribution < 1.29 is 19.0 Å². The van der Waals surface area contributed by atoms with E-state index in [0.29, 0.717) is 26.3 Å². The van der Waals surface area contributed by atoms with Gasteiger partial charge in [0.05, 0.1) is 31.5 Å². The summed E-state index contributed by atoms with van der Waals surface area (Å²) in [6.07, 6.45) is 3.81. The summed E-state index contributed by atoms with van der Waals surface area (Å²) in [6, 6.07) is 10.3. The Bertz CT molecular complexity index is 588. The van der Waals surface area contributed by atoms with Gasteiger partial charge in [-0.1, -0.05) is 30.3 Å². The van der Waals surface area contributed by atoms with Gasteiger partial charge in [-0.3, -0.25) is 0 Å². The van der Waals surface area contributed by atoms with E-state index in [0.717, 1.165) is 25.7 Å². The number of rotatable bonds is 3. The van der Waals surface area contributed by atoms with Gasteiger partial charge in [0.25, 0.3) is 0 Å². The predicted octanol–water partition coefficient (Wildman–Crippen LogP) is 4.15. The molecule has 1 aromatic rings. The largest absolute Gasteiger partial charge is 0.444 e. The summed E-state index contributed by atoms with van der Waals surface area (Å²) >= 11 is 0. The number of benzene rings is 1. The molecule has 1 heterocycles. The molecule has 1 aromatic carbocycles. The van der Waals surface area contributed by atoms with Gasteiger partial charge < -0.3 is 19.1 Å². The average molecular weight is 361 g/mol. The van der Waals surface area contributed by atoms with Crippen LogP contribution in [0.1, 0.15) is 52.0 Å². The highest BCUT2D eigenvalue weighted by Crippen LogP contribution is 2.36. The van der Waals surface area contributed by atoms with Gasteiger partial charge in [-0.05, 0) is 52.0 Å². The topological polar surface area (TPSA) is 48.0 Å². The molecule has 144 valence electrons. The Kier molecular flexibility index (Phi) is 5.88. The zero-order valence-corrected chi connectivity index (χ0v) is 16.2. The second-order valence-electron chi connectivity index (χ2n) is 8.43. The number of amides is 1. The summed E-state index contributed by atoms with van der Waals surface area (Å²) in [5.74, 6) is 0. The van der Waals surface area contributed by atoms with Crippen LogP contribution < -0.4 is 0 Å². The summed E-state index contributed by atoms with van der Waals surface area (Å²) in [5.41, 5.74) is 0.505. The molecule has 0 N–H and O–H groups in total. The van der Waals surface area contributed by atoms with E-state index in [1.807, 2.05) is 39.0 Å². The van der Waals surface area contributed by atoms with Crippen LogP contribution >= 0.6 is 0 Å². The van der Waals surface area contributed by atoms with Crippen LogP contribution in [0.25, 0.3) is 0 Å². The van der Waals surface area contributed by atoms with Crippen molar-refractivity contribution >= 4 is 6.09 Å². The molecule has 5 heteroatoms. The Morgan fingerprint density at radius 2 is 1.92 bits per heavy atom. The maximum absolute atomic E-state index is 12.4. The molecule has 0 aromatic heterocycles. The van der Waals surface area contributed by atoms with Gasteiger partial charge in [0, 0.05) is 6.54 Å². The van der Waals surface area contributed by atoms with Crippen molar-refractivity contribution in [3.63, 3.8) is 0 Å². The van der Waals surface area contributed by atoms with Crippen molar-refractivity contribution in [3.05, 3.63) is 35.9 Å². The number of carbonyl (C=O) groups excluding carboxylic acids is 1. The van der Waals surface area contributed by atoms with E-state index in [9.17, 15) is 4.79 Å². The van der Waals surface area contributed by atoms with Gasteiger partial charge in [-0.2, -0.15) is 0 Å². The highest BCUT2D eigenvalue weighted by molar-refractivity contribution is 5.68. The molecule has 5 nitrogen and oxygen atoms in total. The third-order valence-corrected chi connectivity index (χ3v) is 5.07. The molecule has 1 amide bonds.